The molecule has 0 unspecified atom stereocenters. The van der Waals surface area contributed by atoms with Gasteiger partial charge in [-0.3, -0.25) is 0 Å². The lowest BCUT2D eigenvalue weighted by atomic mass is 10.0. The molecule has 3 nitrogen and oxygen atoms in total. The van der Waals surface area contributed by atoms with E-state index in [4.69, 9.17) is 0 Å². The SMILES string of the molecule is Cc1cc(F)ccc1-n1ncc(CNC2CC2)c1C(C)C. The quantitative estimate of drug-likeness (QED) is 0.909. The van der Waals surface area contributed by atoms with Gasteiger partial charge in [-0.05, 0) is 49.4 Å². The lowest BCUT2D eigenvalue weighted by molar-refractivity contribution is 0.624. The molecule has 21 heavy (non-hydrogen) atoms. The topological polar surface area (TPSA) is 29.9 Å². The minimum Gasteiger partial charge on any atom is -0.310 e. The van der Waals surface area contributed by atoms with Crippen molar-refractivity contribution in [2.45, 2.75) is 52.1 Å². The van der Waals surface area contributed by atoms with Gasteiger partial charge in [-0.25, -0.2) is 9.07 Å². The molecule has 0 spiro atoms. The number of aryl methyl sites for hydroxylation is 1. The zero-order valence-corrected chi connectivity index (χ0v) is 12.9. The average molecular weight is 287 g/mol. The minimum atomic E-state index is -0.204. The van der Waals surface area contributed by atoms with Crippen LogP contribution in [-0.4, -0.2) is 15.8 Å². The van der Waals surface area contributed by atoms with E-state index in [9.17, 15) is 4.39 Å². The highest BCUT2D eigenvalue weighted by molar-refractivity contribution is 5.43. The third-order valence-electron chi connectivity index (χ3n) is 3.98. The number of hydrogen-bond donors (Lipinski definition) is 1. The van der Waals surface area contributed by atoms with Crippen molar-refractivity contribution in [2.75, 3.05) is 0 Å². The van der Waals surface area contributed by atoms with E-state index in [1.165, 1.54) is 30.2 Å². The van der Waals surface area contributed by atoms with Gasteiger partial charge in [0.1, 0.15) is 5.82 Å². The van der Waals surface area contributed by atoms with Crippen molar-refractivity contribution in [3.63, 3.8) is 0 Å². The maximum Gasteiger partial charge on any atom is 0.123 e. The fourth-order valence-corrected chi connectivity index (χ4v) is 2.73. The van der Waals surface area contributed by atoms with Crippen molar-refractivity contribution in [1.29, 1.82) is 0 Å². The number of aromatic nitrogens is 2. The Bertz CT molecular complexity index is 641. The fourth-order valence-electron chi connectivity index (χ4n) is 2.73. The second-order valence-corrected chi connectivity index (χ2v) is 6.21. The Morgan fingerprint density at radius 3 is 2.76 bits per heavy atom. The molecule has 4 heteroatoms. The van der Waals surface area contributed by atoms with E-state index in [1.54, 1.807) is 6.07 Å². The molecule has 1 aromatic carbocycles. The van der Waals surface area contributed by atoms with Gasteiger partial charge in [0.25, 0.3) is 0 Å². The van der Waals surface area contributed by atoms with Gasteiger partial charge in [0, 0.05) is 18.2 Å². The molecule has 0 amide bonds. The highest BCUT2D eigenvalue weighted by Gasteiger charge is 2.22. The number of hydrogen-bond acceptors (Lipinski definition) is 2. The Kier molecular flexibility index (Phi) is 3.81. The molecule has 0 atom stereocenters. The smallest absolute Gasteiger partial charge is 0.123 e. The Hall–Kier alpha value is -1.68. The lowest BCUT2D eigenvalue weighted by Crippen LogP contribution is -2.17. The molecule has 1 aliphatic carbocycles. The molecule has 0 saturated heterocycles. The summed E-state index contributed by atoms with van der Waals surface area (Å²) in [6, 6.07) is 5.54. The highest BCUT2D eigenvalue weighted by Crippen LogP contribution is 2.26. The van der Waals surface area contributed by atoms with Gasteiger partial charge in [0.15, 0.2) is 0 Å². The van der Waals surface area contributed by atoms with Crippen LogP contribution >= 0.6 is 0 Å². The lowest BCUT2D eigenvalue weighted by Gasteiger charge is -2.15. The molecular weight excluding hydrogens is 265 g/mol. The molecule has 1 aromatic heterocycles. The van der Waals surface area contributed by atoms with Gasteiger partial charge in [-0.1, -0.05) is 13.8 Å². The van der Waals surface area contributed by atoms with E-state index in [2.05, 4.69) is 24.3 Å². The van der Waals surface area contributed by atoms with Crippen LogP contribution in [0.15, 0.2) is 24.4 Å². The molecular formula is C17H22FN3. The van der Waals surface area contributed by atoms with Crippen LogP contribution in [0.2, 0.25) is 0 Å². The summed E-state index contributed by atoms with van der Waals surface area (Å²) in [4.78, 5) is 0. The van der Waals surface area contributed by atoms with Crippen LogP contribution in [0.5, 0.6) is 0 Å². The van der Waals surface area contributed by atoms with Crippen LogP contribution in [0.3, 0.4) is 0 Å². The van der Waals surface area contributed by atoms with Crippen LogP contribution in [0.4, 0.5) is 4.39 Å². The average Bonchev–Trinajstić information content (AvgIpc) is 3.15. The van der Waals surface area contributed by atoms with Gasteiger partial charge in [0.2, 0.25) is 0 Å². The van der Waals surface area contributed by atoms with Crippen LogP contribution in [0, 0.1) is 12.7 Å². The largest absolute Gasteiger partial charge is 0.310 e. The van der Waals surface area contributed by atoms with Crippen molar-refractivity contribution in [1.82, 2.24) is 15.1 Å². The van der Waals surface area contributed by atoms with E-state index in [0.29, 0.717) is 12.0 Å². The van der Waals surface area contributed by atoms with Gasteiger partial charge in [0.05, 0.1) is 17.6 Å². The van der Waals surface area contributed by atoms with Gasteiger partial charge < -0.3 is 5.32 Å². The van der Waals surface area contributed by atoms with Gasteiger partial charge >= 0.3 is 0 Å². The molecule has 1 N–H and O–H groups in total. The molecule has 1 heterocycles. The Morgan fingerprint density at radius 1 is 1.38 bits per heavy atom. The number of rotatable bonds is 5. The number of benzene rings is 1. The maximum atomic E-state index is 13.3. The molecule has 0 bridgehead atoms. The molecule has 2 aromatic rings. The van der Waals surface area contributed by atoms with E-state index in [-0.39, 0.29) is 5.82 Å². The molecule has 0 radical (unpaired) electrons. The minimum absolute atomic E-state index is 0.204. The maximum absolute atomic E-state index is 13.3. The third-order valence-corrected chi connectivity index (χ3v) is 3.98. The first kappa shape index (κ1) is 14.3. The van der Waals surface area contributed by atoms with E-state index in [0.717, 1.165) is 17.8 Å². The van der Waals surface area contributed by atoms with Crippen LogP contribution in [-0.2, 0) is 6.54 Å². The predicted octanol–water partition coefficient (Wildman–Crippen LogP) is 3.70. The first-order chi connectivity index (χ1) is 10.1. The first-order valence-corrected chi connectivity index (χ1v) is 7.63. The van der Waals surface area contributed by atoms with Crippen molar-refractivity contribution in [3.8, 4) is 5.69 Å². The van der Waals surface area contributed by atoms with Gasteiger partial charge in [-0.2, -0.15) is 5.10 Å². The second-order valence-electron chi connectivity index (χ2n) is 6.21. The Morgan fingerprint density at radius 2 is 2.14 bits per heavy atom. The summed E-state index contributed by atoms with van der Waals surface area (Å²) in [6.45, 7) is 7.13. The molecule has 1 fully saturated rings. The normalized spacial score (nSPS) is 14.9. The van der Waals surface area contributed by atoms with Crippen molar-refractivity contribution < 1.29 is 4.39 Å². The van der Waals surface area contributed by atoms with Crippen molar-refractivity contribution in [3.05, 3.63) is 47.0 Å². The van der Waals surface area contributed by atoms with Crippen LogP contribution in [0.1, 0.15) is 49.4 Å². The summed E-state index contributed by atoms with van der Waals surface area (Å²) < 4.78 is 15.3. The molecule has 3 rings (SSSR count). The summed E-state index contributed by atoms with van der Waals surface area (Å²) in [6.07, 6.45) is 4.50. The molecule has 112 valence electrons. The third kappa shape index (κ3) is 3.00. The summed E-state index contributed by atoms with van der Waals surface area (Å²) in [7, 11) is 0. The molecule has 1 saturated carbocycles. The van der Waals surface area contributed by atoms with Crippen LogP contribution in [0.25, 0.3) is 5.69 Å². The summed E-state index contributed by atoms with van der Waals surface area (Å²) in [5, 5.41) is 8.09. The predicted molar refractivity (Wildman–Crippen MR) is 82.2 cm³/mol. The van der Waals surface area contributed by atoms with Gasteiger partial charge in [-0.15, -0.1) is 0 Å². The Labute approximate surface area is 125 Å². The van der Waals surface area contributed by atoms with Crippen LogP contribution < -0.4 is 5.32 Å². The van der Waals surface area contributed by atoms with E-state index < -0.39 is 0 Å². The zero-order chi connectivity index (χ0) is 15.0. The Balaban J connectivity index is 1.96. The van der Waals surface area contributed by atoms with Crippen molar-refractivity contribution in [2.24, 2.45) is 0 Å². The number of nitrogens with one attached hydrogen (secondary N) is 1. The monoisotopic (exact) mass is 287 g/mol. The first-order valence-electron chi connectivity index (χ1n) is 7.63. The summed E-state index contributed by atoms with van der Waals surface area (Å²) in [5.41, 5.74) is 4.30. The number of halogens is 1. The van der Waals surface area contributed by atoms with E-state index >= 15 is 0 Å². The highest BCUT2D eigenvalue weighted by atomic mass is 19.1. The second kappa shape index (κ2) is 5.60. The van der Waals surface area contributed by atoms with E-state index in [1.807, 2.05) is 23.9 Å². The molecule has 0 aliphatic heterocycles. The standard InChI is InChI=1S/C17H22FN3/c1-11(2)17-13(9-19-15-5-6-15)10-20-21(17)16-7-4-14(18)8-12(16)3/h4,7-8,10-11,15,19H,5-6,9H2,1-3H3. The fraction of sp³-hybridized carbons (Fsp3) is 0.471. The van der Waals surface area contributed by atoms with Crippen molar-refractivity contribution >= 4 is 0 Å². The number of nitrogens with zero attached hydrogens (tertiary/aromatic N) is 2. The summed E-state index contributed by atoms with van der Waals surface area (Å²) in [5.74, 6) is 0.165. The molecule has 1 aliphatic rings. The zero-order valence-electron chi connectivity index (χ0n) is 12.9. The summed E-state index contributed by atoms with van der Waals surface area (Å²) >= 11 is 0.